The van der Waals surface area contributed by atoms with Crippen molar-refractivity contribution in [1.29, 1.82) is 0 Å². The number of carbonyl (C=O) groups is 1. The van der Waals surface area contributed by atoms with Crippen LogP contribution in [0.15, 0.2) is 29.3 Å². The summed E-state index contributed by atoms with van der Waals surface area (Å²) in [5.41, 5.74) is 1.22. The van der Waals surface area contributed by atoms with E-state index >= 15 is 0 Å². The Balaban J connectivity index is 0.00000341. The van der Waals surface area contributed by atoms with Crippen LogP contribution < -0.4 is 10.1 Å². The summed E-state index contributed by atoms with van der Waals surface area (Å²) in [6.07, 6.45) is 0.0249. The summed E-state index contributed by atoms with van der Waals surface area (Å²) in [6, 6.07) is 8.10. The van der Waals surface area contributed by atoms with Crippen LogP contribution in [0.1, 0.15) is 12.5 Å². The van der Waals surface area contributed by atoms with Gasteiger partial charge in [-0.05, 0) is 26.0 Å². The van der Waals surface area contributed by atoms with Gasteiger partial charge in [0.1, 0.15) is 11.9 Å². The Morgan fingerprint density at radius 3 is 2.35 bits per heavy atom. The summed E-state index contributed by atoms with van der Waals surface area (Å²) in [6.45, 7) is 11.4. The monoisotopic (exact) mass is 545 g/mol. The van der Waals surface area contributed by atoms with Crippen molar-refractivity contribution in [3.8, 4) is 5.75 Å². The Hall–Kier alpha value is -1.59. The minimum absolute atomic E-state index is 0. The molecule has 1 amide bonds. The first-order valence-corrected chi connectivity index (χ1v) is 10.8. The van der Waals surface area contributed by atoms with Crippen molar-refractivity contribution in [2.24, 2.45) is 4.99 Å². The van der Waals surface area contributed by atoms with Gasteiger partial charge < -0.3 is 24.6 Å². The number of carbonyl (C=O) groups excluding carboxylic acids is 1. The number of hydrogen-bond acceptors (Lipinski definition) is 5. The summed E-state index contributed by atoms with van der Waals surface area (Å²) in [5, 5.41) is 3.42. The molecule has 1 N–H and O–H groups in total. The second-order valence-electron chi connectivity index (χ2n) is 7.93. The van der Waals surface area contributed by atoms with Crippen molar-refractivity contribution in [3.05, 3.63) is 29.8 Å². The van der Waals surface area contributed by atoms with Crippen LogP contribution in [-0.4, -0.2) is 105 Å². The van der Waals surface area contributed by atoms with E-state index in [0.29, 0.717) is 39.4 Å². The lowest BCUT2D eigenvalue weighted by atomic mass is 10.2. The zero-order valence-corrected chi connectivity index (χ0v) is 21.2. The second kappa shape index (κ2) is 13.1. The quantitative estimate of drug-likeness (QED) is 0.332. The van der Waals surface area contributed by atoms with Crippen molar-refractivity contribution in [3.63, 3.8) is 0 Å². The number of halogens is 1. The molecule has 2 aliphatic rings. The Kier molecular flexibility index (Phi) is 10.8. The largest absolute Gasteiger partial charge is 0.489 e. The summed E-state index contributed by atoms with van der Waals surface area (Å²) >= 11 is 0. The number of nitrogens with one attached hydrogen (secondary N) is 1. The third-order valence-electron chi connectivity index (χ3n) is 5.51. The predicted octanol–water partition coefficient (Wildman–Crippen LogP) is 1.43. The van der Waals surface area contributed by atoms with Crippen LogP contribution in [0.5, 0.6) is 5.75 Å². The molecule has 2 heterocycles. The van der Waals surface area contributed by atoms with Gasteiger partial charge in [-0.2, -0.15) is 0 Å². The zero-order valence-electron chi connectivity index (χ0n) is 18.9. The molecular weight excluding hydrogens is 509 g/mol. The molecule has 0 aromatic heterocycles. The molecule has 1 aromatic carbocycles. The first-order valence-electron chi connectivity index (χ1n) is 10.8. The molecule has 0 bridgehead atoms. The molecule has 9 heteroatoms. The molecule has 0 saturated carbocycles. The SMILES string of the molecule is CN=C(NCC(C)Oc1ccc(C)cc1)N1CCN(CC(=O)N2CCOCC2)CC1.I. The van der Waals surface area contributed by atoms with E-state index < -0.39 is 0 Å². The van der Waals surface area contributed by atoms with E-state index in [1.54, 1.807) is 0 Å². The van der Waals surface area contributed by atoms with Gasteiger partial charge in [0.05, 0.1) is 26.3 Å². The predicted molar refractivity (Wildman–Crippen MR) is 133 cm³/mol. The molecule has 1 aromatic rings. The van der Waals surface area contributed by atoms with Crippen molar-refractivity contribution >= 4 is 35.8 Å². The number of piperazine rings is 1. The lowest BCUT2D eigenvalue weighted by molar-refractivity contribution is -0.136. The minimum atomic E-state index is 0. The zero-order chi connectivity index (χ0) is 21.3. The van der Waals surface area contributed by atoms with Gasteiger partial charge in [-0.25, -0.2) is 0 Å². The van der Waals surface area contributed by atoms with Gasteiger partial charge in [0.15, 0.2) is 5.96 Å². The van der Waals surface area contributed by atoms with E-state index in [0.717, 1.165) is 37.9 Å². The van der Waals surface area contributed by atoms with Crippen LogP contribution in [0, 0.1) is 6.92 Å². The number of ether oxygens (including phenoxy) is 2. The van der Waals surface area contributed by atoms with Crippen molar-refractivity contribution in [2.45, 2.75) is 20.0 Å². The van der Waals surface area contributed by atoms with E-state index in [1.165, 1.54) is 5.56 Å². The second-order valence-corrected chi connectivity index (χ2v) is 7.93. The Labute approximate surface area is 203 Å². The highest BCUT2D eigenvalue weighted by Crippen LogP contribution is 2.13. The van der Waals surface area contributed by atoms with Gasteiger partial charge in [0.2, 0.25) is 5.91 Å². The van der Waals surface area contributed by atoms with Crippen LogP contribution in [0.4, 0.5) is 0 Å². The first kappa shape index (κ1) is 25.7. The highest BCUT2D eigenvalue weighted by Gasteiger charge is 2.24. The van der Waals surface area contributed by atoms with Crippen molar-refractivity contribution in [1.82, 2.24) is 20.0 Å². The van der Waals surface area contributed by atoms with Crippen LogP contribution in [0.25, 0.3) is 0 Å². The minimum Gasteiger partial charge on any atom is -0.489 e. The molecule has 1 unspecified atom stereocenters. The molecule has 8 nitrogen and oxygen atoms in total. The molecule has 0 radical (unpaired) electrons. The summed E-state index contributed by atoms with van der Waals surface area (Å²) in [5.74, 6) is 1.97. The van der Waals surface area contributed by atoms with Gasteiger partial charge in [-0.3, -0.25) is 14.7 Å². The average Bonchev–Trinajstić information content (AvgIpc) is 2.77. The summed E-state index contributed by atoms with van der Waals surface area (Å²) < 4.78 is 11.3. The van der Waals surface area contributed by atoms with Crippen molar-refractivity contribution < 1.29 is 14.3 Å². The molecule has 174 valence electrons. The maximum atomic E-state index is 12.4. The molecule has 2 saturated heterocycles. The first-order chi connectivity index (χ1) is 14.5. The number of aryl methyl sites for hydroxylation is 1. The fourth-order valence-corrected chi connectivity index (χ4v) is 3.68. The van der Waals surface area contributed by atoms with Gasteiger partial charge in [0.25, 0.3) is 0 Å². The summed E-state index contributed by atoms with van der Waals surface area (Å²) in [4.78, 5) is 23.3. The Morgan fingerprint density at radius 1 is 1.10 bits per heavy atom. The molecule has 3 rings (SSSR count). The molecule has 1 atom stereocenters. The van der Waals surface area contributed by atoms with Crippen LogP contribution in [0.2, 0.25) is 0 Å². The number of benzene rings is 1. The number of guanidine groups is 1. The molecular formula is C22H36IN5O3. The van der Waals surface area contributed by atoms with Gasteiger partial charge in [-0.1, -0.05) is 17.7 Å². The van der Waals surface area contributed by atoms with Gasteiger partial charge >= 0.3 is 0 Å². The van der Waals surface area contributed by atoms with Crippen LogP contribution in [0.3, 0.4) is 0 Å². The lowest BCUT2D eigenvalue weighted by Gasteiger charge is -2.37. The Morgan fingerprint density at radius 2 is 1.74 bits per heavy atom. The van der Waals surface area contributed by atoms with E-state index in [9.17, 15) is 4.79 Å². The molecule has 2 fully saturated rings. The fraction of sp³-hybridized carbons (Fsp3) is 0.636. The molecule has 0 spiro atoms. The fourth-order valence-electron chi connectivity index (χ4n) is 3.68. The number of aliphatic imine (C=N–C) groups is 1. The number of nitrogens with zero attached hydrogens (tertiary/aromatic N) is 4. The van der Waals surface area contributed by atoms with E-state index in [2.05, 4.69) is 46.1 Å². The standard InChI is InChI=1S/C22H35N5O3.HI/c1-18-4-6-20(7-5-18)30-19(2)16-24-22(23-3)27-10-8-25(9-11-27)17-21(28)26-12-14-29-15-13-26;/h4-7,19H,8-17H2,1-3H3,(H,23,24);1H. The third kappa shape index (κ3) is 8.12. The summed E-state index contributed by atoms with van der Waals surface area (Å²) in [7, 11) is 1.81. The highest BCUT2D eigenvalue weighted by molar-refractivity contribution is 14.0. The van der Waals surface area contributed by atoms with Gasteiger partial charge in [-0.15, -0.1) is 24.0 Å². The van der Waals surface area contributed by atoms with E-state index in [4.69, 9.17) is 9.47 Å². The molecule has 0 aliphatic carbocycles. The van der Waals surface area contributed by atoms with E-state index in [1.807, 2.05) is 24.1 Å². The van der Waals surface area contributed by atoms with E-state index in [-0.39, 0.29) is 36.0 Å². The normalized spacial score (nSPS) is 18.9. The smallest absolute Gasteiger partial charge is 0.236 e. The molecule has 31 heavy (non-hydrogen) atoms. The number of morpholine rings is 1. The van der Waals surface area contributed by atoms with Crippen LogP contribution in [-0.2, 0) is 9.53 Å². The third-order valence-corrected chi connectivity index (χ3v) is 5.51. The maximum absolute atomic E-state index is 12.4. The number of amides is 1. The number of rotatable bonds is 6. The maximum Gasteiger partial charge on any atom is 0.236 e. The van der Waals surface area contributed by atoms with Gasteiger partial charge in [0, 0.05) is 46.3 Å². The number of hydrogen-bond donors (Lipinski definition) is 1. The van der Waals surface area contributed by atoms with Crippen LogP contribution >= 0.6 is 24.0 Å². The Bertz CT molecular complexity index is 702. The topological polar surface area (TPSA) is 69.6 Å². The lowest BCUT2D eigenvalue weighted by Crippen LogP contribution is -2.55. The van der Waals surface area contributed by atoms with Crippen molar-refractivity contribution in [2.75, 3.05) is 72.6 Å². The average molecular weight is 545 g/mol. The highest BCUT2D eigenvalue weighted by atomic mass is 127. The molecule has 2 aliphatic heterocycles.